The van der Waals surface area contributed by atoms with Gasteiger partial charge in [0.05, 0.1) is 6.04 Å². The van der Waals surface area contributed by atoms with E-state index in [9.17, 15) is 4.79 Å². The lowest BCUT2D eigenvalue weighted by molar-refractivity contribution is -0.122. The molecule has 0 aliphatic carbocycles. The summed E-state index contributed by atoms with van der Waals surface area (Å²) in [6.45, 7) is 2.00. The van der Waals surface area contributed by atoms with Crippen LogP contribution in [-0.4, -0.2) is 26.1 Å². The van der Waals surface area contributed by atoms with Crippen LogP contribution in [0.5, 0.6) is 0 Å². The Morgan fingerprint density at radius 2 is 2.09 bits per heavy atom. The lowest BCUT2D eigenvalue weighted by Crippen LogP contribution is -2.30. The van der Waals surface area contributed by atoms with Gasteiger partial charge in [-0.25, -0.2) is 0 Å². The average molecular weight is 313 g/mol. The Hall–Kier alpha value is -2.54. The smallest absolute Gasteiger partial charge is 0.244 e. The van der Waals surface area contributed by atoms with Crippen molar-refractivity contribution in [3.63, 3.8) is 0 Å². The number of rotatable bonds is 5. The van der Waals surface area contributed by atoms with E-state index in [-0.39, 0.29) is 18.5 Å². The van der Waals surface area contributed by atoms with E-state index in [2.05, 4.69) is 20.7 Å². The molecular weight excluding hydrogens is 298 g/mol. The predicted octanol–water partition coefficient (Wildman–Crippen LogP) is 2.28. The van der Waals surface area contributed by atoms with Gasteiger partial charge < -0.3 is 5.32 Å². The molecular formula is C15H15N5OS. The molecule has 0 spiro atoms. The summed E-state index contributed by atoms with van der Waals surface area (Å²) in [5.74, 6) is 0.373. The summed E-state index contributed by atoms with van der Waals surface area (Å²) in [7, 11) is 0. The second-order valence-corrected chi connectivity index (χ2v) is 5.79. The molecule has 1 unspecified atom stereocenters. The Morgan fingerprint density at radius 3 is 2.82 bits per heavy atom. The van der Waals surface area contributed by atoms with Gasteiger partial charge in [-0.05, 0) is 23.6 Å². The molecule has 0 radical (unpaired) electrons. The van der Waals surface area contributed by atoms with Gasteiger partial charge in [-0.2, -0.15) is 4.80 Å². The van der Waals surface area contributed by atoms with Crippen LogP contribution in [0.1, 0.15) is 17.8 Å². The minimum atomic E-state index is -0.141. The number of carbonyl (C=O) groups excluding carboxylic acids is 1. The standard InChI is InChI=1S/C15H15N5OS/c1-11(13-8-5-9-22-13)16-14(21)10-20-18-15(17-19-20)12-6-3-2-4-7-12/h2-9,11H,10H2,1H3,(H,16,21). The van der Waals surface area contributed by atoms with Crippen molar-refractivity contribution in [2.45, 2.75) is 19.5 Å². The lowest BCUT2D eigenvalue weighted by atomic mass is 10.2. The molecule has 1 amide bonds. The Morgan fingerprint density at radius 1 is 1.27 bits per heavy atom. The fourth-order valence-electron chi connectivity index (χ4n) is 2.04. The number of carbonyl (C=O) groups is 1. The average Bonchev–Trinajstić information content (AvgIpc) is 3.19. The van der Waals surface area contributed by atoms with Gasteiger partial charge >= 0.3 is 0 Å². The second kappa shape index (κ2) is 6.48. The largest absolute Gasteiger partial charge is 0.347 e. The molecule has 2 aromatic heterocycles. The Balaban J connectivity index is 1.62. The zero-order valence-electron chi connectivity index (χ0n) is 12.0. The molecule has 7 heteroatoms. The molecule has 1 aromatic carbocycles. The minimum absolute atomic E-state index is 0.0235. The van der Waals surface area contributed by atoms with E-state index >= 15 is 0 Å². The number of hydrogen-bond donors (Lipinski definition) is 1. The molecule has 0 aliphatic heterocycles. The van der Waals surface area contributed by atoms with E-state index in [0.717, 1.165) is 10.4 Å². The van der Waals surface area contributed by atoms with E-state index < -0.39 is 0 Å². The highest BCUT2D eigenvalue weighted by Crippen LogP contribution is 2.18. The molecule has 22 heavy (non-hydrogen) atoms. The molecule has 1 N–H and O–H groups in total. The minimum Gasteiger partial charge on any atom is -0.347 e. The fraction of sp³-hybridized carbons (Fsp3) is 0.200. The van der Waals surface area contributed by atoms with Gasteiger partial charge in [0, 0.05) is 10.4 Å². The molecule has 1 atom stereocenters. The quantitative estimate of drug-likeness (QED) is 0.784. The molecule has 3 aromatic rings. The van der Waals surface area contributed by atoms with Gasteiger partial charge in [0.15, 0.2) is 0 Å². The molecule has 0 saturated heterocycles. The van der Waals surface area contributed by atoms with Crippen LogP contribution >= 0.6 is 11.3 Å². The van der Waals surface area contributed by atoms with Crippen molar-refractivity contribution in [2.75, 3.05) is 0 Å². The van der Waals surface area contributed by atoms with Crippen molar-refractivity contribution in [3.8, 4) is 11.4 Å². The predicted molar refractivity (Wildman–Crippen MR) is 84.1 cm³/mol. The highest BCUT2D eigenvalue weighted by atomic mass is 32.1. The highest BCUT2D eigenvalue weighted by Gasteiger charge is 2.13. The zero-order chi connectivity index (χ0) is 15.4. The molecule has 2 heterocycles. The van der Waals surface area contributed by atoms with Crippen LogP contribution in [0.3, 0.4) is 0 Å². The van der Waals surface area contributed by atoms with Crippen LogP contribution in [0.15, 0.2) is 47.8 Å². The summed E-state index contributed by atoms with van der Waals surface area (Å²) >= 11 is 1.62. The van der Waals surface area contributed by atoms with E-state index in [1.54, 1.807) is 11.3 Å². The van der Waals surface area contributed by atoms with Gasteiger partial charge in [-0.3, -0.25) is 4.79 Å². The Kier molecular flexibility index (Phi) is 4.24. The van der Waals surface area contributed by atoms with Gasteiger partial charge in [-0.15, -0.1) is 21.5 Å². The summed E-state index contributed by atoms with van der Waals surface area (Å²) in [6, 6.07) is 13.5. The van der Waals surface area contributed by atoms with Crippen molar-refractivity contribution in [3.05, 3.63) is 52.7 Å². The number of benzene rings is 1. The molecule has 0 fully saturated rings. The summed E-state index contributed by atoms with van der Waals surface area (Å²) in [6.07, 6.45) is 0. The maximum absolute atomic E-state index is 12.0. The Bertz CT molecular complexity index is 738. The molecule has 0 saturated carbocycles. The van der Waals surface area contributed by atoms with Gasteiger partial charge in [0.1, 0.15) is 6.54 Å². The molecule has 112 valence electrons. The van der Waals surface area contributed by atoms with Crippen LogP contribution in [0, 0.1) is 0 Å². The van der Waals surface area contributed by atoms with Crippen LogP contribution in [0.25, 0.3) is 11.4 Å². The van der Waals surface area contributed by atoms with Crippen LogP contribution < -0.4 is 5.32 Å². The first-order chi connectivity index (χ1) is 10.7. The number of nitrogens with zero attached hydrogens (tertiary/aromatic N) is 4. The summed E-state index contributed by atoms with van der Waals surface area (Å²) in [5.41, 5.74) is 0.876. The highest BCUT2D eigenvalue weighted by molar-refractivity contribution is 7.10. The maximum Gasteiger partial charge on any atom is 0.244 e. The van der Waals surface area contributed by atoms with E-state index in [1.807, 2.05) is 54.8 Å². The number of tetrazole rings is 1. The van der Waals surface area contributed by atoms with Crippen LogP contribution in [0.2, 0.25) is 0 Å². The van der Waals surface area contributed by atoms with Gasteiger partial charge in [-0.1, -0.05) is 36.4 Å². The zero-order valence-corrected chi connectivity index (χ0v) is 12.8. The monoisotopic (exact) mass is 313 g/mol. The third-order valence-electron chi connectivity index (χ3n) is 3.12. The van der Waals surface area contributed by atoms with Crippen LogP contribution in [0.4, 0.5) is 0 Å². The van der Waals surface area contributed by atoms with E-state index in [1.165, 1.54) is 4.80 Å². The van der Waals surface area contributed by atoms with Gasteiger partial charge in [0.25, 0.3) is 0 Å². The Labute approximate surface area is 131 Å². The second-order valence-electron chi connectivity index (χ2n) is 4.81. The third-order valence-corrected chi connectivity index (χ3v) is 4.17. The van der Waals surface area contributed by atoms with E-state index in [4.69, 9.17) is 0 Å². The van der Waals surface area contributed by atoms with Crippen molar-refractivity contribution in [1.29, 1.82) is 0 Å². The number of nitrogens with one attached hydrogen (secondary N) is 1. The van der Waals surface area contributed by atoms with Crippen molar-refractivity contribution in [1.82, 2.24) is 25.5 Å². The summed E-state index contributed by atoms with van der Waals surface area (Å²) in [4.78, 5) is 14.4. The topological polar surface area (TPSA) is 72.7 Å². The summed E-state index contributed by atoms with van der Waals surface area (Å²) in [5, 5.41) is 17.0. The van der Waals surface area contributed by atoms with Crippen LogP contribution in [-0.2, 0) is 11.3 Å². The lowest BCUT2D eigenvalue weighted by Gasteiger charge is -2.11. The fourth-order valence-corrected chi connectivity index (χ4v) is 2.77. The first-order valence-corrected chi connectivity index (χ1v) is 7.76. The number of hydrogen-bond acceptors (Lipinski definition) is 5. The molecule has 6 nitrogen and oxygen atoms in total. The molecule has 0 bridgehead atoms. The van der Waals surface area contributed by atoms with Crippen molar-refractivity contribution < 1.29 is 4.79 Å². The first-order valence-electron chi connectivity index (χ1n) is 6.88. The van der Waals surface area contributed by atoms with Crippen molar-refractivity contribution >= 4 is 17.2 Å². The third kappa shape index (κ3) is 3.37. The van der Waals surface area contributed by atoms with E-state index in [0.29, 0.717) is 5.82 Å². The van der Waals surface area contributed by atoms with Crippen molar-refractivity contribution in [2.24, 2.45) is 0 Å². The normalized spacial score (nSPS) is 12.0. The van der Waals surface area contributed by atoms with Gasteiger partial charge in [0.2, 0.25) is 11.7 Å². The SMILES string of the molecule is CC(NC(=O)Cn1nnc(-c2ccccc2)n1)c1cccs1. The first kappa shape index (κ1) is 14.4. The number of thiophene rings is 1. The number of amides is 1. The maximum atomic E-state index is 12.0. The molecule has 0 aliphatic rings. The summed E-state index contributed by atoms with van der Waals surface area (Å²) < 4.78 is 0. The number of aromatic nitrogens is 4. The molecule has 3 rings (SSSR count).